The standard InChI is InChI=1S/C29H32FNO2/c1-17-9-19(7-8-29(3,4)32)10-18(2)28(17)20-5-6-26(30)23(11-20)16-33-27-14-22-12-21-13-24(21)25(22)15-31-27/h5-6,9-11,14-15,21,24,32H,7-8,12-13,16H2,1-4H3. The van der Waals surface area contributed by atoms with Crippen molar-refractivity contribution in [2.24, 2.45) is 5.92 Å². The van der Waals surface area contributed by atoms with Crippen molar-refractivity contribution < 1.29 is 14.2 Å². The number of pyridine rings is 1. The van der Waals surface area contributed by atoms with E-state index in [1.165, 1.54) is 29.2 Å². The third-order valence-electron chi connectivity index (χ3n) is 7.13. The number of rotatable bonds is 7. The highest BCUT2D eigenvalue weighted by atomic mass is 19.1. The Kier molecular flexibility index (Phi) is 5.52. The lowest BCUT2D eigenvalue weighted by atomic mass is 9.90. The number of ether oxygens (including phenoxy) is 1. The molecule has 0 spiro atoms. The lowest BCUT2D eigenvalue weighted by Gasteiger charge is -2.18. The number of nitrogens with zero attached hydrogens (tertiary/aromatic N) is 1. The Labute approximate surface area is 195 Å². The van der Waals surface area contributed by atoms with Crippen LogP contribution in [0.2, 0.25) is 0 Å². The van der Waals surface area contributed by atoms with Gasteiger partial charge in [-0.2, -0.15) is 0 Å². The lowest BCUT2D eigenvalue weighted by molar-refractivity contribution is 0.0714. The molecule has 0 saturated heterocycles. The molecule has 1 fully saturated rings. The molecule has 2 atom stereocenters. The summed E-state index contributed by atoms with van der Waals surface area (Å²) in [4.78, 5) is 4.46. The van der Waals surface area contributed by atoms with Gasteiger partial charge in [0, 0.05) is 17.8 Å². The van der Waals surface area contributed by atoms with Gasteiger partial charge in [0.1, 0.15) is 12.4 Å². The highest BCUT2D eigenvalue weighted by Gasteiger charge is 2.45. The smallest absolute Gasteiger partial charge is 0.213 e. The van der Waals surface area contributed by atoms with Crippen molar-refractivity contribution in [3.8, 4) is 17.0 Å². The Bertz CT molecular complexity index is 1190. The molecule has 3 aromatic rings. The van der Waals surface area contributed by atoms with Crippen molar-refractivity contribution in [3.63, 3.8) is 0 Å². The van der Waals surface area contributed by atoms with Crippen molar-refractivity contribution in [2.75, 3.05) is 0 Å². The Morgan fingerprint density at radius 1 is 1.12 bits per heavy atom. The van der Waals surface area contributed by atoms with Gasteiger partial charge in [0.2, 0.25) is 5.88 Å². The lowest BCUT2D eigenvalue weighted by Crippen LogP contribution is -2.19. The Morgan fingerprint density at radius 2 is 1.88 bits per heavy atom. The number of aryl methyl sites for hydroxylation is 3. The zero-order chi connectivity index (χ0) is 23.3. The molecular weight excluding hydrogens is 413 g/mol. The molecule has 1 aromatic heterocycles. The number of benzene rings is 2. The average Bonchev–Trinajstić information content (AvgIpc) is 3.42. The van der Waals surface area contributed by atoms with Gasteiger partial charge in [-0.3, -0.25) is 0 Å². The van der Waals surface area contributed by atoms with Gasteiger partial charge in [0.05, 0.1) is 5.60 Å². The van der Waals surface area contributed by atoms with E-state index >= 15 is 0 Å². The van der Waals surface area contributed by atoms with E-state index in [1.54, 1.807) is 0 Å². The van der Waals surface area contributed by atoms with Crippen LogP contribution in [-0.2, 0) is 19.4 Å². The van der Waals surface area contributed by atoms with Crippen LogP contribution in [0, 0.1) is 25.6 Å². The van der Waals surface area contributed by atoms with Crippen LogP contribution in [0.4, 0.5) is 4.39 Å². The van der Waals surface area contributed by atoms with Gasteiger partial charge < -0.3 is 9.84 Å². The molecule has 1 N–H and O–H groups in total. The van der Waals surface area contributed by atoms with Gasteiger partial charge in [0.15, 0.2) is 0 Å². The Morgan fingerprint density at radius 3 is 2.61 bits per heavy atom. The molecule has 1 saturated carbocycles. The minimum atomic E-state index is -0.680. The molecule has 0 amide bonds. The fourth-order valence-electron chi connectivity index (χ4n) is 5.31. The monoisotopic (exact) mass is 445 g/mol. The first-order valence-electron chi connectivity index (χ1n) is 11.9. The summed E-state index contributed by atoms with van der Waals surface area (Å²) < 4.78 is 20.5. The maximum absolute atomic E-state index is 14.6. The molecule has 4 heteroatoms. The number of halogens is 1. The molecule has 0 aliphatic heterocycles. The summed E-state index contributed by atoms with van der Waals surface area (Å²) in [6.07, 6.45) is 5.89. The molecule has 5 rings (SSSR count). The fourth-order valence-corrected chi connectivity index (χ4v) is 5.31. The topological polar surface area (TPSA) is 42.4 Å². The summed E-state index contributed by atoms with van der Waals surface area (Å²) in [5.41, 5.74) is 8.18. The first-order valence-corrected chi connectivity index (χ1v) is 11.9. The van der Waals surface area contributed by atoms with Gasteiger partial charge >= 0.3 is 0 Å². The summed E-state index contributed by atoms with van der Waals surface area (Å²) in [7, 11) is 0. The average molecular weight is 446 g/mol. The summed E-state index contributed by atoms with van der Waals surface area (Å²) in [6.45, 7) is 8.01. The van der Waals surface area contributed by atoms with Gasteiger partial charge in [-0.15, -0.1) is 0 Å². The van der Waals surface area contributed by atoms with Crippen molar-refractivity contribution in [1.82, 2.24) is 4.98 Å². The second kappa shape index (κ2) is 8.25. The molecule has 2 aromatic carbocycles. The predicted octanol–water partition coefficient (Wildman–Crippen LogP) is 6.45. The normalized spacial score (nSPS) is 18.7. The second-order valence-corrected chi connectivity index (χ2v) is 10.5. The second-order valence-electron chi connectivity index (χ2n) is 10.5. The highest BCUT2D eigenvalue weighted by Crippen LogP contribution is 2.56. The van der Waals surface area contributed by atoms with Crippen LogP contribution in [0.5, 0.6) is 5.88 Å². The molecule has 2 aliphatic carbocycles. The van der Waals surface area contributed by atoms with Gasteiger partial charge in [-0.05, 0) is 116 Å². The number of hydrogen-bond acceptors (Lipinski definition) is 3. The quantitative estimate of drug-likeness (QED) is 0.455. The minimum Gasteiger partial charge on any atom is -0.473 e. The van der Waals surface area contributed by atoms with E-state index in [4.69, 9.17) is 4.74 Å². The van der Waals surface area contributed by atoms with Gasteiger partial charge in [-0.1, -0.05) is 18.2 Å². The first kappa shape index (κ1) is 22.1. The maximum atomic E-state index is 14.6. The van der Waals surface area contributed by atoms with E-state index in [-0.39, 0.29) is 12.4 Å². The molecule has 2 aliphatic rings. The minimum absolute atomic E-state index is 0.153. The van der Waals surface area contributed by atoms with Crippen molar-refractivity contribution >= 4 is 0 Å². The van der Waals surface area contributed by atoms with Gasteiger partial charge in [-0.25, -0.2) is 9.37 Å². The molecule has 0 radical (unpaired) electrons. The van der Waals surface area contributed by atoms with E-state index < -0.39 is 5.60 Å². The van der Waals surface area contributed by atoms with Gasteiger partial charge in [0.25, 0.3) is 0 Å². The van der Waals surface area contributed by atoms with E-state index in [9.17, 15) is 9.50 Å². The number of aromatic nitrogens is 1. The SMILES string of the molecule is Cc1cc(CCC(C)(C)O)cc(C)c1-c1ccc(F)c(COc2cc3c(cn2)C2CC2C3)c1. The first-order chi connectivity index (χ1) is 15.7. The van der Waals surface area contributed by atoms with Crippen LogP contribution < -0.4 is 4.74 Å². The molecule has 2 unspecified atom stereocenters. The van der Waals surface area contributed by atoms with Crippen LogP contribution in [0.25, 0.3) is 11.1 Å². The molecule has 172 valence electrons. The van der Waals surface area contributed by atoms with E-state index in [0.29, 0.717) is 23.8 Å². The molecule has 1 heterocycles. The van der Waals surface area contributed by atoms with E-state index in [2.05, 4.69) is 31.0 Å². The number of fused-ring (bicyclic) bond motifs is 3. The third-order valence-corrected chi connectivity index (χ3v) is 7.13. The highest BCUT2D eigenvalue weighted by molar-refractivity contribution is 5.72. The predicted molar refractivity (Wildman–Crippen MR) is 129 cm³/mol. The Hall–Kier alpha value is -2.72. The molecule has 0 bridgehead atoms. The van der Waals surface area contributed by atoms with Crippen LogP contribution in [0.1, 0.15) is 66.0 Å². The van der Waals surface area contributed by atoms with E-state index in [0.717, 1.165) is 41.0 Å². The van der Waals surface area contributed by atoms with Crippen molar-refractivity contribution in [1.29, 1.82) is 0 Å². The third kappa shape index (κ3) is 4.67. The number of aliphatic hydroxyl groups is 1. The maximum Gasteiger partial charge on any atom is 0.213 e. The summed E-state index contributed by atoms with van der Waals surface area (Å²) in [5.74, 6) is 1.82. The van der Waals surface area contributed by atoms with Crippen LogP contribution >= 0.6 is 0 Å². The Balaban J connectivity index is 1.34. The molecule has 3 nitrogen and oxygen atoms in total. The zero-order valence-corrected chi connectivity index (χ0v) is 19.9. The number of hydrogen-bond donors (Lipinski definition) is 1. The van der Waals surface area contributed by atoms with Crippen molar-refractivity contribution in [3.05, 3.63) is 81.8 Å². The van der Waals surface area contributed by atoms with Crippen molar-refractivity contribution in [2.45, 2.75) is 71.5 Å². The zero-order valence-electron chi connectivity index (χ0n) is 19.9. The summed E-state index contributed by atoms with van der Waals surface area (Å²) in [6, 6.07) is 11.6. The molecular formula is C29H32FNO2. The fraction of sp³-hybridized carbons (Fsp3) is 0.414. The van der Waals surface area contributed by atoms with Crippen LogP contribution in [-0.4, -0.2) is 15.7 Å². The summed E-state index contributed by atoms with van der Waals surface area (Å²) >= 11 is 0. The van der Waals surface area contributed by atoms with Crippen LogP contribution in [0.15, 0.2) is 42.6 Å². The molecule has 33 heavy (non-hydrogen) atoms. The van der Waals surface area contributed by atoms with Crippen LogP contribution in [0.3, 0.4) is 0 Å². The summed E-state index contributed by atoms with van der Waals surface area (Å²) in [5, 5.41) is 10.0. The largest absolute Gasteiger partial charge is 0.473 e. The van der Waals surface area contributed by atoms with E-state index in [1.807, 2.05) is 38.2 Å².